The van der Waals surface area contributed by atoms with Gasteiger partial charge in [-0.15, -0.1) is 0 Å². The highest BCUT2D eigenvalue weighted by atomic mass is 16.4. The molecular weight excluding hydrogens is 320 g/mol. The lowest BCUT2D eigenvalue weighted by Crippen LogP contribution is -1.97. The molecule has 0 radical (unpaired) electrons. The summed E-state index contributed by atoms with van der Waals surface area (Å²) in [5.41, 5.74) is 1.96. The van der Waals surface area contributed by atoms with Crippen LogP contribution in [0.25, 0.3) is 0 Å². The average Bonchev–Trinajstić information content (AvgIpc) is 2.61. The lowest BCUT2D eigenvalue weighted by Gasteiger charge is -1.97. The molecule has 0 unspecified atom stereocenters. The molecule has 0 aliphatic heterocycles. The molecule has 6 heteroatoms. The van der Waals surface area contributed by atoms with Crippen LogP contribution in [0, 0.1) is 0 Å². The number of benzene rings is 2. The maximum Gasteiger partial charge on any atom is 0.335 e. The second kappa shape index (κ2) is 9.12. The minimum Gasteiger partial charge on any atom is -0.478 e. The molecule has 0 aromatic heterocycles. The molecule has 0 aliphatic carbocycles. The fourth-order valence-electron chi connectivity index (χ4n) is 2.10. The summed E-state index contributed by atoms with van der Waals surface area (Å²) < 4.78 is 0. The number of hydrogen-bond donors (Lipinski definition) is 2. The van der Waals surface area contributed by atoms with Crippen molar-refractivity contribution in [1.82, 2.24) is 0 Å². The molecule has 2 aromatic rings. The van der Waals surface area contributed by atoms with E-state index in [-0.39, 0.29) is 11.1 Å². The molecule has 6 nitrogen and oxygen atoms in total. The molecule has 25 heavy (non-hydrogen) atoms. The second-order valence-electron chi connectivity index (χ2n) is 5.29. The highest BCUT2D eigenvalue weighted by molar-refractivity contribution is 5.91. The third kappa shape index (κ3) is 6.02. The molecule has 0 saturated heterocycles. The molecule has 0 heterocycles. The van der Waals surface area contributed by atoms with Crippen molar-refractivity contribution in [2.75, 3.05) is 13.1 Å². The van der Waals surface area contributed by atoms with E-state index in [2.05, 4.69) is 9.98 Å². The first-order valence-electron chi connectivity index (χ1n) is 7.72. The molecule has 128 valence electrons. The summed E-state index contributed by atoms with van der Waals surface area (Å²) in [5.74, 6) is -1.92. The van der Waals surface area contributed by atoms with Crippen molar-refractivity contribution in [3.8, 4) is 0 Å². The number of carboxylic acids is 2. The van der Waals surface area contributed by atoms with Gasteiger partial charge in [-0.3, -0.25) is 9.98 Å². The monoisotopic (exact) mass is 338 g/mol. The standard InChI is InChI=1S/C19H18N2O4/c22-18(23)16-6-1-4-14(10-16)12-20-8-3-9-21-13-15-5-2-7-17(11-15)19(24)25/h1-2,4-7,10-13H,3,8-9H2,(H,22,23)(H,24,25)/b20-12+,21-13+. The van der Waals surface area contributed by atoms with E-state index < -0.39 is 11.9 Å². The van der Waals surface area contributed by atoms with Crippen molar-refractivity contribution >= 4 is 24.4 Å². The van der Waals surface area contributed by atoms with Gasteiger partial charge < -0.3 is 10.2 Å². The summed E-state index contributed by atoms with van der Waals surface area (Å²) in [6.45, 7) is 1.15. The summed E-state index contributed by atoms with van der Waals surface area (Å²) in [4.78, 5) is 30.3. The van der Waals surface area contributed by atoms with Crippen LogP contribution in [0.4, 0.5) is 0 Å². The van der Waals surface area contributed by atoms with E-state index in [0.29, 0.717) is 13.1 Å². The molecule has 0 spiro atoms. The summed E-state index contributed by atoms with van der Waals surface area (Å²) in [7, 11) is 0. The second-order valence-corrected chi connectivity index (χ2v) is 5.29. The van der Waals surface area contributed by atoms with E-state index in [9.17, 15) is 9.59 Å². The summed E-state index contributed by atoms with van der Waals surface area (Å²) in [6, 6.07) is 13.2. The van der Waals surface area contributed by atoms with Gasteiger partial charge in [0.15, 0.2) is 0 Å². The van der Waals surface area contributed by atoms with Crippen molar-refractivity contribution < 1.29 is 19.8 Å². The molecule has 0 amide bonds. The first kappa shape index (κ1) is 18.1. The largest absolute Gasteiger partial charge is 0.478 e. The number of rotatable bonds is 8. The van der Waals surface area contributed by atoms with Crippen molar-refractivity contribution in [2.45, 2.75) is 6.42 Å². The normalized spacial score (nSPS) is 11.2. The minimum absolute atomic E-state index is 0.233. The van der Waals surface area contributed by atoms with Gasteiger partial charge in [-0.1, -0.05) is 24.3 Å². The Morgan fingerprint density at radius 3 is 1.64 bits per heavy atom. The fourth-order valence-corrected chi connectivity index (χ4v) is 2.10. The molecule has 0 fully saturated rings. The first-order chi connectivity index (χ1) is 12.1. The topological polar surface area (TPSA) is 99.3 Å². The number of carboxylic acid groups (broad SMARTS) is 2. The predicted molar refractivity (Wildman–Crippen MR) is 96.3 cm³/mol. The number of carbonyl (C=O) groups is 2. The molecule has 2 aromatic carbocycles. The Bertz CT molecular complexity index is 745. The van der Waals surface area contributed by atoms with Crippen molar-refractivity contribution in [1.29, 1.82) is 0 Å². The van der Waals surface area contributed by atoms with Crippen molar-refractivity contribution in [3.05, 3.63) is 70.8 Å². The zero-order chi connectivity index (χ0) is 18.1. The third-order valence-electron chi connectivity index (χ3n) is 3.32. The van der Waals surface area contributed by atoms with Crippen molar-refractivity contribution in [2.24, 2.45) is 9.98 Å². The SMILES string of the molecule is O=C(O)c1cccc(/C=N/CCC/N=C/c2cccc(C(=O)O)c2)c1. The van der Waals surface area contributed by atoms with Gasteiger partial charge in [-0.05, 0) is 41.8 Å². The number of nitrogens with zero attached hydrogens (tertiary/aromatic N) is 2. The number of hydrogen-bond acceptors (Lipinski definition) is 4. The molecule has 0 atom stereocenters. The van der Waals surface area contributed by atoms with Crippen LogP contribution in [0.2, 0.25) is 0 Å². The van der Waals surface area contributed by atoms with E-state index in [1.807, 2.05) is 0 Å². The fraction of sp³-hybridized carbons (Fsp3) is 0.158. The molecule has 2 rings (SSSR count). The van der Waals surface area contributed by atoms with Crippen LogP contribution in [0.3, 0.4) is 0 Å². The Morgan fingerprint density at radius 1 is 0.800 bits per heavy atom. The minimum atomic E-state index is -0.962. The number of aromatic carboxylic acids is 2. The molecule has 0 saturated carbocycles. The maximum atomic E-state index is 10.9. The third-order valence-corrected chi connectivity index (χ3v) is 3.32. The van der Waals surface area contributed by atoms with Gasteiger partial charge in [0.05, 0.1) is 11.1 Å². The van der Waals surface area contributed by atoms with Crippen LogP contribution in [0.5, 0.6) is 0 Å². The van der Waals surface area contributed by atoms with Gasteiger partial charge in [0.1, 0.15) is 0 Å². The van der Waals surface area contributed by atoms with E-state index in [1.54, 1.807) is 48.8 Å². The van der Waals surface area contributed by atoms with E-state index >= 15 is 0 Å². The Labute approximate surface area is 145 Å². The van der Waals surface area contributed by atoms with Crippen molar-refractivity contribution in [3.63, 3.8) is 0 Å². The highest BCUT2D eigenvalue weighted by Gasteiger charge is 2.02. The molecule has 2 N–H and O–H groups in total. The van der Waals surface area contributed by atoms with Crippen LogP contribution in [-0.4, -0.2) is 47.7 Å². The predicted octanol–water partition coefficient (Wildman–Crippen LogP) is 3.01. The van der Waals surface area contributed by atoms with Crippen LogP contribution in [-0.2, 0) is 0 Å². The molecule has 0 bridgehead atoms. The van der Waals surface area contributed by atoms with Crippen LogP contribution >= 0.6 is 0 Å². The van der Waals surface area contributed by atoms with Crippen LogP contribution in [0.15, 0.2) is 58.5 Å². The average molecular weight is 338 g/mol. The van der Waals surface area contributed by atoms with Gasteiger partial charge in [0.2, 0.25) is 0 Å². The van der Waals surface area contributed by atoms with E-state index in [1.165, 1.54) is 12.1 Å². The lowest BCUT2D eigenvalue weighted by atomic mass is 10.1. The van der Waals surface area contributed by atoms with E-state index in [0.717, 1.165) is 17.5 Å². The summed E-state index contributed by atoms with van der Waals surface area (Å²) in [6.07, 6.45) is 4.03. The first-order valence-corrected chi connectivity index (χ1v) is 7.72. The Balaban J connectivity index is 1.78. The Kier molecular flexibility index (Phi) is 6.59. The van der Waals surface area contributed by atoms with Gasteiger partial charge in [-0.2, -0.15) is 0 Å². The Hall–Kier alpha value is -3.28. The molecule has 0 aliphatic rings. The zero-order valence-electron chi connectivity index (χ0n) is 13.5. The number of aliphatic imine (C=N–C) groups is 2. The summed E-state index contributed by atoms with van der Waals surface area (Å²) >= 11 is 0. The summed E-state index contributed by atoms with van der Waals surface area (Å²) in [5, 5.41) is 17.9. The van der Waals surface area contributed by atoms with Crippen LogP contribution < -0.4 is 0 Å². The lowest BCUT2D eigenvalue weighted by molar-refractivity contribution is 0.0686. The van der Waals surface area contributed by atoms with Gasteiger partial charge in [0.25, 0.3) is 0 Å². The maximum absolute atomic E-state index is 10.9. The van der Waals surface area contributed by atoms with Crippen LogP contribution in [0.1, 0.15) is 38.3 Å². The highest BCUT2D eigenvalue weighted by Crippen LogP contribution is 2.04. The zero-order valence-corrected chi connectivity index (χ0v) is 13.5. The van der Waals surface area contributed by atoms with Gasteiger partial charge in [0, 0.05) is 25.5 Å². The smallest absolute Gasteiger partial charge is 0.335 e. The van der Waals surface area contributed by atoms with Gasteiger partial charge in [-0.25, -0.2) is 9.59 Å². The molecular formula is C19H18N2O4. The quantitative estimate of drug-likeness (QED) is 0.571. The van der Waals surface area contributed by atoms with E-state index in [4.69, 9.17) is 10.2 Å². The van der Waals surface area contributed by atoms with Gasteiger partial charge >= 0.3 is 11.9 Å². The Morgan fingerprint density at radius 2 is 1.24 bits per heavy atom.